The molecule has 0 aromatic heterocycles. The molecule has 1 rings (SSSR count). The fourth-order valence-electron chi connectivity index (χ4n) is 1.92. The van der Waals surface area contributed by atoms with E-state index in [0.29, 0.717) is 5.92 Å². The molecule has 1 nitrogen and oxygen atoms in total. The van der Waals surface area contributed by atoms with E-state index >= 15 is 0 Å². The lowest BCUT2D eigenvalue weighted by molar-refractivity contribution is 0.511. The summed E-state index contributed by atoms with van der Waals surface area (Å²) < 4.78 is 0. The highest BCUT2D eigenvalue weighted by Crippen LogP contribution is 2.20. The summed E-state index contributed by atoms with van der Waals surface area (Å²) in [5.74, 6) is 2.62. The number of nitrogens with one attached hydrogen (secondary N) is 1. The van der Waals surface area contributed by atoms with E-state index in [2.05, 4.69) is 55.8 Å². The lowest BCUT2D eigenvalue weighted by Gasteiger charge is -2.18. The number of benzene rings is 1. The van der Waals surface area contributed by atoms with Gasteiger partial charge in [-0.15, -0.1) is 0 Å². The van der Waals surface area contributed by atoms with Gasteiger partial charge in [-0.3, -0.25) is 0 Å². The Bertz CT molecular complexity index is 284. The molecule has 0 aliphatic rings. The Balaban J connectivity index is 2.48. The molecule has 1 aromatic carbocycles. The molecule has 0 aliphatic heterocycles. The van der Waals surface area contributed by atoms with Crippen LogP contribution in [0.1, 0.15) is 31.7 Å². The fraction of sp³-hybridized carbons (Fsp3) is 0.600. The molecule has 1 atom stereocenters. The summed E-state index contributed by atoms with van der Waals surface area (Å²) in [5.41, 5.74) is 1.47. The van der Waals surface area contributed by atoms with Gasteiger partial charge in [0.2, 0.25) is 0 Å². The molecule has 0 amide bonds. The molecular formula is C15H25NS. The standard InChI is InChI=1S/C15H25NS/c1-13(2)11-16-12-15(9-10-17-3)14-7-5-4-6-8-14/h4-8,13,15-16H,9-12H2,1-3H3. The Labute approximate surface area is 110 Å². The molecule has 1 N–H and O–H groups in total. The second kappa shape index (κ2) is 8.60. The molecular weight excluding hydrogens is 226 g/mol. The zero-order valence-electron chi connectivity index (χ0n) is 11.3. The fourth-order valence-corrected chi connectivity index (χ4v) is 2.44. The first-order valence-corrected chi connectivity index (χ1v) is 7.88. The zero-order chi connectivity index (χ0) is 12.5. The summed E-state index contributed by atoms with van der Waals surface area (Å²) in [4.78, 5) is 0. The van der Waals surface area contributed by atoms with Crippen molar-refractivity contribution in [3.8, 4) is 0 Å². The Morgan fingerprint density at radius 3 is 2.41 bits per heavy atom. The van der Waals surface area contributed by atoms with Crippen molar-refractivity contribution in [1.82, 2.24) is 5.32 Å². The minimum absolute atomic E-state index is 0.655. The van der Waals surface area contributed by atoms with Crippen LogP contribution in [0.25, 0.3) is 0 Å². The van der Waals surface area contributed by atoms with E-state index in [0.717, 1.165) is 19.0 Å². The topological polar surface area (TPSA) is 12.0 Å². The van der Waals surface area contributed by atoms with Crippen LogP contribution in [0.4, 0.5) is 0 Å². The third-order valence-corrected chi connectivity index (χ3v) is 3.53. The monoisotopic (exact) mass is 251 g/mol. The predicted molar refractivity (Wildman–Crippen MR) is 79.9 cm³/mol. The van der Waals surface area contributed by atoms with Gasteiger partial charge in [-0.2, -0.15) is 11.8 Å². The highest BCUT2D eigenvalue weighted by molar-refractivity contribution is 7.98. The SMILES string of the molecule is CSCCC(CNCC(C)C)c1ccccc1. The predicted octanol–water partition coefficient (Wildman–Crippen LogP) is 3.77. The van der Waals surface area contributed by atoms with Crippen LogP contribution in [0.3, 0.4) is 0 Å². The maximum atomic E-state index is 3.58. The van der Waals surface area contributed by atoms with Crippen molar-refractivity contribution in [2.45, 2.75) is 26.2 Å². The highest BCUT2D eigenvalue weighted by Gasteiger charge is 2.10. The van der Waals surface area contributed by atoms with Crippen LogP contribution in [0.2, 0.25) is 0 Å². The molecule has 0 saturated heterocycles. The minimum Gasteiger partial charge on any atom is -0.316 e. The van der Waals surface area contributed by atoms with E-state index in [4.69, 9.17) is 0 Å². The van der Waals surface area contributed by atoms with Crippen molar-refractivity contribution in [1.29, 1.82) is 0 Å². The van der Waals surface area contributed by atoms with E-state index in [1.165, 1.54) is 17.7 Å². The molecule has 17 heavy (non-hydrogen) atoms. The van der Waals surface area contributed by atoms with Crippen molar-refractivity contribution in [3.63, 3.8) is 0 Å². The minimum atomic E-state index is 0.655. The second-order valence-corrected chi connectivity index (χ2v) is 5.93. The smallest absolute Gasteiger partial charge is 0.00205 e. The average molecular weight is 251 g/mol. The van der Waals surface area contributed by atoms with Crippen LogP contribution >= 0.6 is 11.8 Å². The lowest BCUT2D eigenvalue weighted by Crippen LogP contribution is -2.25. The van der Waals surface area contributed by atoms with Gasteiger partial charge < -0.3 is 5.32 Å². The molecule has 0 aliphatic carbocycles. The van der Waals surface area contributed by atoms with Crippen LogP contribution in [-0.4, -0.2) is 25.1 Å². The maximum absolute atomic E-state index is 3.58. The molecule has 1 unspecified atom stereocenters. The summed E-state index contributed by atoms with van der Waals surface area (Å²) >= 11 is 1.94. The van der Waals surface area contributed by atoms with Gasteiger partial charge in [0, 0.05) is 6.54 Å². The van der Waals surface area contributed by atoms with Gasteiger partial charge in [0.25, 0.3) is 0 Å². The van der Waals surface area contributed by atoms with E-state index in [9.17, 15) is 0 Å². The van der Waals surface area contributed by atoms with Crippen molar-refractivity contribution in [3.05, 3.63) is 35.9 Å². The average Bonchev–Trinajstić information content (AvgIpc) is 2.34. The summed E-state index contributed by atoms with van der Waals surface area (Å²) in [7, 11) is 0. The molecule has 0 spiro atoms. The van der Waals surface area contributed by atoms with Crippen molar-refractivity contribution in [2.24, 2.45) is 5.92 Å². The summed E-state index contributed by atoms with van der Waals surface area (Å²) in [6, 6.07) is 10.9. The largest absolute Gasteiger partial charge is 0.316 e. The Morgan fingerprint density at radius 1 is 1.12 bits per heavy atom. The van der Waals surface area contributed by atoms with Gasteiger partial charge in [0.15, 0.2) is 0 Å². The van der Waals surface area contributed by atoms with Gasteiger partial charge in [0.05, 0.1) is 0 Å². The van der Waals surface area contributed by atoms with E-state index in [-0.39, 0.29) is 0 Å². The third-order valence-electron chi connectivity index (χ3n) is 2.88. The molecule has 96 valence electrons. The van der Waals surface area contributed by atoms with Gasteiger partial charge >= 0.3 is 0 Å². The summed E-state index contributed by atoms with van der Waals surface area (Å²) in [6.07, 6.45) is 3.44. The number of thioether (sulfide) groups is 1. The van der Waals surface area contributed by atoms with Crippen molar-refractivity contribution in [2.75, 3.05) is 25.1 Å². The van der Waals surface area contributed by atoms with Crippen molar-refractivity contribution < 1.29 is 0 Å². The van der Waals surface area contributed by atoms with Crippen LogP contribution in [0.15, 0.2) is 30.3 Å². The maximum Gasteiger partial charge on any atom is 0.00205 e. The first kappa shape index (κ1) is 14.6. The molecule has 2 heteroatoms. The van der Waals surface area contributed by atoms with E-state index < -0.39 is 0 Å². The van der Waals surface area contributed by atoms with Gasteiger partial charge in [-0.1, -0.05) is 44.2 Å². The molecule has 0 saturated carbocycles. The van der Waals surface area contributed by atoms with Gasteiger partial charge in [-0.05, 0) is 42.4 Å². The Morgan fingerprint density at radius 2 is 1.82 bits per heavy atom. The Kier molecular flexibility index (Phi) is 7.38. The summed E-state index contributed by atoms with van der Waals surface area (Å²) in [6.45, 7) is 6.73. The summed E-state index contributed by atoms with van der Waals surface area (Å²) in [5, 5.41) is 3.58. The molecule has 0 bridgehead atoms. The molecule has 1 aromatic rings. The van der Waals surface area contributed by atoms with Crippen LogP contribution in [0.5, 0.6) is 0 Å². The second-order valence-electron chi connectivity index (χ2n) is 4.94. The number of hydrogen-bond donors (Lipinski definition) is 1. The number of hydrogen-bond acceptors (Lipinski definition) is 2. The highest BCUT2D eigenvalue weighted by atomic mass is 32.2. The molecule has 0 fully saturated rings. The normalized spacial score (nSPS) is 12.9. The van der Waals surface area contributed by atoms with Crippen LogP contribution in [-0.2, 0) is 0 Å². The van der Waals surface area contributed by atoms with E-state index in [1.54, 1.807) is 0 Å². The lowest BCUT2D eigenvalue weighted by atomic mass is 9.96. The quantitative estimate of drug-likeness (QED) is 0.755. The number of rotatable bonds is 8. The first-order valence-electron chi connectivity index (χ1n) is 6.48. The van der Waals surface area contributed by atoms with E-state index in [1.807, 2.05) is 11.8 Å². The van der Waals surface area contributed by atoms with Gasteiger partial charge in [-0.25, -0.2) is 0 Å². The third kappa shape index (κ3) is 6.13. The molecule has 0 heterocycles. The van der Waals surface area contributed by atoms with Gasteiger partial charge in [0.1, 0.15) is 0 Å². The molecule has 0 radical (unpaired) electrons. The Hall–Kier alpha value is -0.470. The van der Waals surface area contributed by atoms with Crippen LogP contribution < -0.4 is 5.32 Å². The van der Waals surface area contributed by atoms with Crippen molar-refractivity contribution >= 4 is 11.8 Å². The first-order chi connectivity index (χ1) is 8.24. The van der Waals surface area contributed by atoms with Crippen LogP contribution in [0, 0.1) is 5.92 Å². The zero-order valence-corrected chi connectivity index (χ0v) is 12.1.